The molecule has 1 fully saturated rings. The van der Waals surface area contributed by atoms with Crippen molar-refractivity contribution in [3.05, 3.63) is 41.0 Å². The highest BCUT2D eigenvalue weighted by Gasteiger charge is 2.21. The monoisotopic (exact) mass is 345 g/mol. The summed E-state index contributed by atoms with van der Waals surface area (Å²) in [4.78, 5) is 30.3. The number of thiazole rings is 1. The van der Waals surface area contributed by atoms with E-state index < -0.39 is 12.2 Å². The molecule has 0 radical (unpaired) electrons. The first-order chi connectivity index (χ1) is 11.6. The third-order valence-corrected chi connectivity index (χ3v) is 4.92. The average Bonchev–Trinajstić information content (AvgIpc) is 3.25. The fraction of sp³-hybridized carbons (Fsp3) is 0.353. The Bertz CT molecular complexity index is 721. The summed E-state index contributed by atoms with van der Waals surface area (Å²) >= 11 is 1.60. The molecule has 0 unspecified atom stereocenters. The number of nitrogens with zero attached hydrogens (tertiary/aromatic N) is 2. The molecule has 0 spiro atoms. The van der Waals surface area contributed by atoms with Crippen LogP contribution in [0.4, 0.5) is 9.59 Å². The summed E-state index contributed by atoms with van der Waals surface area (Å²) in [5.41, 5.74) is 4.87. The van der Waals surface area contributed by atoms with Crippen LogP contribution in [0.3, 0.4) is 0 Å². The van der Waals surface area contributed by atoms with E-state index in [4.69, 9.17) is 4.74 Å². The summed E-state index contributed by atoms with van der Waals surface area (Å²) in [6.07, 6.45) is 0.639. The summed E-state index contributed by atoms with van der Waals surface area (Å²) in [7, 11) is 0. The van der Waals surface area contributed by atoms with Crippen LogP contribution in [0.15, 0.2) is 29.8 Å². The molecule has 1 saturated heterocycles. The highest BCUT2D eigenvalue weighted by Crippen LogP contribution is 2.27. The van der Waals surface area contributed by atoms with Crippen LogP contribution in [0.1, 0.15) is 24.1 Å². The normalized spacial score (nSPS) is 13.8. The van der Waals surface area contributed by atoms with Gasteiger partial charge in [0.05, 0.1) is 16.1 Å². The third kappa shape index (κ3) is 3.91. The zero-order valence-corrected chi connectivity index (χ0v) is 14.3. The van der Waals surface area contributed by atoms with Crippen molar-refractivity contribution in [1.82, 2.24) is 15.2 Å². The van der Waals surface area contributed by atoms with Crippen LogP contribution in [0, 0.1) is 6.92 Å². The number of benzene rings is 1. The van der Waals surface area contributed by atoms with Crippen molar-refractivity contribution in [3.8, 4) is 10.4 Å². The molecule has 2 aromatic rings. The average molecular weight is 345 g/mol. The van der Waals surface area contributed by atoms with Gasteiger partial charge < -0.3 is 15.0 Å². The van der Waals surface area contributed by atoms with Crippen molar-refractivity contribution in [1.29, 1.82) is 0 Å². The summed E-state index contributed by atoms with van der Waals surface area (Å²) < 4.78 is 4.78. The van der Waals surface area contributed by atoms with Crippen molar-refractivity contribution in [2.75, 3.05) is 13.1 Å². The first kappa shape index (κ1) is 16.4. The Balaban J connectivity index is 1.50. The first-order valence-corrected chi connectivity index (χ1v) is 8.75. The third-order valence-electron chi connectivity index (χ3n) is 3.94. The van der Waals surface area contributed by atoms with Gasteiger partial charge in [0.15, 0.2) is 0 Å². The van der Waals surface area contributed by atoms with Crippen LogP contribution in [0.25, 0.3) is 10.4 Å². The minimum Gasteiger partial charge on any atom is -0.359 e. The SMILES string of the molecule is Cc1ncsc1-c1ccc(CNC(=O)OC(=O)N2CCCC2)cc1. The summed E-state index contributed by atoms with van der Waals surface area (Å²) in [6, 6.07) is 7.88. The van der Waals surface area contributed by atoms with Crippen LogP contribution < -0.4 is 5.32 Å². The van der Waals surface area contributed by atoms with Gasteiger partial charge in [-0.05, 0) is 30.9 Å². The van der Waals surface area contributed by atoms with Crippen LogP contribution in [0.2, 0.25) is 0 Å². The molecular formula is C17H19N3O3S. The number of hydrogen-bond acceptors (Lipinski definition) is 5. The lowest BCUT2D eigenvalue weighted by molar-refractivity contribution is 0.124. The van der Waals surface area contributed by atoms with Gasteiger partial charge in [0.1, 0.15) is 0 Å². The van der Waals surface area contributed by atoms with Crippen LogP contribution in [-0.4, -0.2) is 35.2 Å². The van der Waals surface area contributed by atoms with Crippen molar-refractivity contribution in [2.45, 2.75) is 26.3 Å². The molecule has 0 saturated carbocycles. The van der Waals surface area contributed by atoms with Crippen LogP contribution >= 0.6 is 11.3 Å². The molecular weight excluding hydrogens is 326 g/mol. The van der Waals surface area contributed by atoms with Gasteiger partial charge in [-0.1, -0.05) is 24.3 Å². The molecule has 1 aliphatic rings. The molecule has 0 atom stereocenters. The molecule has 1 aliphatic heterocycles. The van der Waals surface area contributed by atoms with Gasteiger partial charge in [0.25, 0.3) is 0 Å². The maximum Gasteiger partial charge on any atom is 0.418 e. The number of rotatable bonds is 3. The van der Waals surface area contributed by atoms with Gasteiger partial charge in [0.2, 0.25) is 0 Å². The van der Waals surface area contributed by atoms with E-state index in [-0.39, 0.29) is 0 Å². The molecule has 2 heterocycles. The molecule has 2 amide bonds. The zero-order chi connectivity index (χ0) is 16.9. The number of nitrogens with one attached hydrogen (secondary N) is 1. The lowest BCUT2D eigenvalue weighted by Crippen LogP contribution is -2.34. The van der Waals surface area contributed by atoms with E-state index in [9.17, 15) is 9.59 Å². The fourth-order valence-corrected chi connectivity index (χ4v) is 3.42. The zero-order valence-electron chi connectivity index (χ0n) is 13.4. The molecule has 7 heteroatoms. The standard InChI is InChI=1S/C17H19N3O3S/c1-12-15(24-11-19-12)14-6-4-13(5-7-14)10-18-16(21)23-17(22)20-8-2-3-9-20/h4-7,11H,2-3,8-10H2,1H3,(H,18,21). The summed E-state index contributed by atoms with van der Waals surface area (Å²) in [5, 5.41) is 2.60. The maximum absolute atomic E-state index is 11.7. The van der Waals surface area contributed by atoms with Crippen LogP contribution in [-0.2, 0) is 11.3 Å². The molecule has 126 valence electrons. The van der Waals surface area contributed by atoms with Gasteiger partial charge in [-0.15, -0.1) is 11.3 Å². The minimum atomic E-state index is -0.714. The number of carbonyl (C=O) groups excluding carboxylic acids is 2. The van der Waals surface area contributed by atoms with E-state index in [1.165, 1.54) is 0 Å². The smallest absolute Gasteiger partial charge is 0.359 e. The predicted octanol–water partition coefficient (Wildman–Crippen LogP) is 3.56. The Kier molecular flexibility index (Phi) is 5.10. The predicted molar refractivity (Wildman–Crippen MR) is 91.8 cm³/mol. The molecule has 6 nitrogen and oxygen atoms in total. The Morgan fingerprint density at radius 1 is 1.25 bits per heavy atom. The molecule has 1 aromatic heterocycles. The number of aromatic nitrogens is 1. The van der Waals surface area contributed by atoms with E-state index >= 15 is 0 Å². The topological polar surface area (TPSA) is 71.5 Å². The van der Waals surface area contributed by atoms with Gasteiger partial charge in [-0.2, -0.15) is 0 Å². The molecule has 1 N–H and O–H groups in total. The van der Waals surface area contributed by atoms with Crippen LogP contribution in [0.5, 0.6) is 0 Å². The Labute approximate surface area is 144 Å². The second-order valence-corrected chi connectivity index (χ2v) is 6.52. The van der Waals surface area contributed by atoms with Crippen molar-refractivity contribution in [3.63, 3.8) is 0 Å². The minimum absolute atomic E-state index is 0.314. The number of carbonyl (C=O) groups is 2. The number of amides is 2. The second kappa shape index (κ2) is 7.44. The maximum atomic E-state index is 11.7. The molecule has 0 bridgehead atoms. The molecule has 24 heavy (non-hydrogen) atoms. The number of likely N-dealkylation sites (tertiary alicyclic amines) is 1. The molecule has 1 aromatic carbocycles. The van der Waals surface area contributed by atoms with Gasteiger partial charge >= 0.3 is 12.2 Å². The van der Waals surface area contributed by atoms with Crippen molar-refractivity contribution < 1.29 is 14.3 Å². The number of hydrogen-bond donors (Lipinski definition) is 1. The molecule has 3 rings (SSSR count). The largest absolute Gasteiger partial charge is 0.418 e. The number of alkyl carbamates (subject to hydrolysis) is 1. The van der Waals surface area contributed by atoms with Crippen molar-refractivity contribution in [2.24, 2.45) is 0 Å². The highest BCUT2D eigenvalue weighted by molar-refractivity contribution is 7.13. The summed E-state index contributed by atoms with van der Waals surface area (Å²) in [6.45, 7) is 3.61. The van der Waals surface area contributed by atoms with E-state index in [0.717, 1.165) is 34.5 Å². The number of aryl methyl sites for hydroxylation is 1. The lowest BCUT2D eigenvalue weighted by Gasteiger charge is -2.14. The van der Waals surface area contributed by atoms with E-state index in [1.807, 2.05) is 36.7 Å². The highest BCUT2D eigenvalue weighted by atomic mass is 32.1. The van der Waals surface area contributed by atoms with E-state index in [1.54, 1.807) is 16.2 Å². The van der Waals surface area contributed by atoms with Gasteiger partial charge in [-0.25, -0.2) is 14.6 Å². The Morgan fingerprint density at radius 2 is 1.96 bits per heavy atom. The van der Waals surface area contributed by atoms with Gasteiger partial charge in [-0.3, -0.25) is 0 Å². The van der Waals surface area contributed by atoms with Gasteiger partial charge in [0, 0.05) is 19.6 Å². The lowest BCUT2D eigenvalue weighted by atomic mass is 10.1. The molecule has 0 aliphatic carbocycles. The fourth-order valence-electron chi connectivity index (χ4n) is 2.61. The van der Waals surface area contributed by atoms with Crippen molar-refractivity contribution >= 4 is 23.5 Å². The van der Waals surface area contributed by atoms with E-state index in [0.29, 0.717) is 19.6 Å². The Morgan fingerprint density at radius 3 is 2.58 bits per heavy atom. The first-order valence-electron chi connectivity index (χ1n) is 7.87. The number of ether oxygens (including phenoxy) is 1. The summed E-state index contributed by atoms with van der Waals surface area (Å²) in [5.74, 6) is 0. The Hall–Kier alpha value is -2.41. The second-order valence-electron chi connectivity index (χ2n) is 5.67. The quantitative estimate of drug-likeness (QED) is 0.864. The van der Waals surface area contributed by atoms with E-state index in [2.05, 4.69) is 10.3 Å².